The summed E-state index contributed by atoms with van der Waals surface area (Å²) in [4.78, 5) is 1.22. The fourth-order valence-electron chi connectivity index (χ4n) is 2.16. The summed E-state index contributed by atoms with van der Waals surface area (Å²) in [5, 5.41) is 5.51. The lowest BCUT2D eigenvalue weighted by Crippen LogP contribution is -2.25. The molecular formula is C17H22BrNOS. The first-order valence-electron chi connectivity index (χ1n) is 7.36. The maximum absolute atomic E-state index is 5.82. The highest BCUT2D eigenvalue weighted by Crippen LogP contribution is 2.24. The molecule has 4 heteroatoms. The summed E-state index contributed by atoms with van der Waals surface area (Å²) in [5.74, 6) is 0.929. The smallest absolute Gasteiger partial charge is 0.124 e. The first-order chi connectivity index (χ1) is 10.2. The minimum atomic E-state index is 0.571. The number of benzene rings is 1. The van der Waals surface area contributed by atoms with Gasteiger partial charge < -0.3 is 10.1 Å². The Balaban J connectivity index is 1.80. The predicted octanol–water partition coefficient (Wildman–Crippen LogP) is 5.02. The van der Waals surface area contributed by atoms with Crippen LogP contribution in [0.2, 0.25) is 0 Å². The van der Waals surface area contributed by atoms with Crippen LogP contribution in [0.3, 0.4) is 0 Å². The average Bonchev–Trinajstić information content (AvgIpc) is 2.90. The molecule has 0 aliphatic heterocycles. The van der Waals surface area contributed by atoms with Crippen LogP contribution < -0.4 is 10.1 Å². The molecule has 0 amide bonds. The number of nitrogens with one attached hydrogen (secondary N) is 1. The number of ether oxygens (including phenoxy) is 1. The molecule has 114 valence electrons. The van der Waals surface area contributed by atoms with Crippen molar-refractivity contribution < 1.29 is 4.74 Å². The molecular weight excluding hydrogens is 346 g/mol. The van der Waals surface area contributed by atoms with Crippen LogP contribution in [0.5, 0.6) is 5.75 Å². The SMILES string of the molecule is CCNC(C)CCc1ccc(OCc2sccc2Br)cc1. The molecule has 2 rings (SSSR count). The Hall–Kier alpha value is -0.840. The van der Waals surface area contributed by atoms with E-state index in [9.17, 15) is 0 Å². The fraction of sp³-hybridized carbons (Fsp3) is 0.412. The molecule has 1 N–H and O–H groups in total. The summed E-state index contributed by atoms with van der Waals surface area (Å²) in [6.07, 6.45) is 2.26. The largest absolute Gasteiger partial charge is 0.488 e. The van der Waals surface area contributed by atoms with Crippen molar-refractivity contribution in [3.05, 3.63) is 50.6 Å². The van der Waals surface area contributed by atoms with Crippen molar-refractivity contribution >= 4 is 27.3 Å². The maximum atomic E-state index is 5.82. The third-order valence-corrected chi connectivity index (χ3v) is 5.30. The van der Waals surface area contributed by atoms with Gasteiger partial charge >= 0.3 is 0 Å². The Morgan fingerprint density at radius 1 is 1.24 bits per heavy atom. The minimum Gasteiger partial charge on any atom is -0.488 e. The molecule has 1 heterocycles. The van der Waals surface area contributed by atoms with Gasteiger partial charge in [-0.1, -0.05) is 19.1 Å². The second kappa shape index (κ2) is 8.57. The van der Waals surface area contributed by atoms with Crippen LogP contribution >= 0.6 is 27.3 Å². The summed E-state index contributed by atoms with van der Waals surface area (Å²) < 4.78 is 6.94. The standard InChI is InChI=1S/C17H22BrNOS/c1-3-19-13(2)4-5-14-6-8-15(9-7-14)20-12-17-16(18)10-11-21-17/h6-11,13,19H,3-5,12H2,1-2H3. The summed E-state index contributed by atoms with van der Waals surface area (Å²) in [5.41, 5.74) is 1.37. The number of hydrogen-bond acceptors (Lipinski definition) is 3. The van der Waals surface area contributed by atoms with E-state index < -0.39 is 0 Å². The van der Waals surface area contributed by atoms with E-state index in [1.54, 1.807) is 11.3 Å². The van der Waals surface area contributed by atoms with E-state index in [-0.39, 0.29) is 0 Å². The first kappa shape index (κ1) is 16.5. The molecule has 1 aromatic carbocycles. The van der Waals surface area contributed by atoms with Crippen molar-refractivity contribution in [1.29, 1.82) is 0 Å². The molecule has 0 radical (unpaired) electrons. The van der Waals surface area contributed by atoms with Crippen LogP contribution in [0.15, 0.2) is 40.2 Å². The molecule has 2 aromatic rings. The second-order valence-electron chi connectivity index (χ2n) is 5.12. The third kappa shape index (κ3) is 5.46. The van der Waals surface area contributed by atoms with Crippen molar-refractivity contribution in [3.63, 3.8) is 0 Å². The monoisotopic (exact) mass is 367 g/mol. The molecule has 0 saturated carbocycles. The highest BCUT2D eigenvalue weighted by atomic mass is 79.9. The summed E-state index contributed by atoms with van der Waals surface area (Å²) >= 11 is 5.23. The van der Waals surface area contributed by atoms with Crippen LogP contribution in [0.4, 0.5) is 0 Å². The Labute approximate surface area is 139 Å². The summed E-state index contributed by atoms with van der Waals surface area (Å²) in [6.45, 7) is 6.04. The molecule has 1 atom stereocenters. The van der Waals surface area contributed by atoms with Gasteiger partial charge in [0.05, 0.1) is 4.88 Å². The Bertz CT molecular complexity index is 538. The number of thiophene rings is 1. The minimum absolute atomic E-state index is 0.571. The summed E-state index contributed by atoms with van der Waals surface area (Å²) in [6, 6.07) is 11.1. The van der Waals surface area contributed by atoms with Gasteiger partial charge in [-0.05, 0) is 71.4 Å². The zero-order chi connectivity index (χ0) is 15.1. The van der Waals surface area contributed by atoms with Crippen LogP contribution in [-0.2, 0) is 13.0 Å². The fourth-order valence-corrected chi connectivity index (χ4v) is 3.54. The van der Waals surface area contributed by atoms with Gasteiger partial charge in [0.15, 0.2) is 0 Å². The molecule has 0 aliphatic rings. The van der Waals surface area contributed by atoms with Crippen LogP contribution in [-0.4, -0.2) is 12.6 Å². The topological polar surface area (TPSA) is 21.3 Å². The zero-order valence-electron chi connectivity index (χ0n) is 12.6. The Morgan fingerprint density at radius 3 is 2.62 bits per heavy atom. The van der Waals surface area contributed by atoms with Gasteiger partial charge in [-0.15, -0.1) is 11.3 Å². The van der Waals surface area contributed by atoms with Gasteiger partial charge in [0.1, 0.15) is 12.4 Å². The first-order valence-corrected chi connectivity index (χ1v) is 9.03. The van der Waals surface area contributed by atoms with Crippen molar-refractivity contribution in [2.75, 3.05) is 6.54 Å². The van der Waals surface area contributed by atoms with Gasteiger partial charge in [-0.2, -0.15) is 0 Å². The van der Waals surface area contributed by atoms with E-state index >= 15 is 0 Å². The van der Waals surface area contributed by atoms with E-state index in [1.807, 2.05) is 0 Å². The van der Waals surface area contributed by atoms with E-state index in [4.69, 9.17) is 4.74 Å². The molecule has 0 aliphatic carbocycles. The predicted molar refractivity (Wildman–Crippen MR) is 94.3 cm³/mol. The number of halogens is 1. The van der Waals surface area contributed by atoms with Gasteiger partial charge in [0, 0.05) is 10.5 Å². The van der Waals surface area contributed by atoms with Gasteiger partial charge in [0.25, 0.3) is 0 Å². The Kier molecular flexibility index (Phi) is 6.74. The zero-order valence-corrected chi connectivity index (χ0v) is 15.0. The van der Waals surface area contributed by atoms with Crippen LogP contribution in [0.25, 0.3) is 0 Å². The number of aryl methyl sites for hydroxylation is 1. The molecule has 1 unspecified atom stereocenters. The van der Waals surface area contributed by atoms with Crippen molar-refractivity contribution in [3.8, 4) is 5.75 Å². The van der Waals surface area contributed by atoms with Crippen molar-refractivity contribution in [2.45, 2.75) is 39.3 Å². The van der Waals surface area contributed by atoms with E-state index in [1.165, 1.54) is 10.4 Å². The maximum Gasteiger partial charge on any atom is 0.124 e. The lowest BCUT2D eigenvalue weighted by atomic mass is 10.1. The van der Waals surface area contributed by atoms with Crippen LogP contribution in [0, 0.1) is 0 Å². The highest BCUT2D eigenvalue weighted by molar-refractivity contribution is 9.10. The van der Waals surface area contributed by atoms with Gasteiger partial charge in [0.2, 0.25) is 0 Å². The lowest BCUT2D eigenvalue weighted by Gasteiger charge is -2.12. The second-order valence-corrected chi connectivity index (χ2v) is 6.98. The number of rotatable bonds is 8. The van der Waals surface area contributed by atoms with Gasteiger partial charge in [-0.25, -0.2) is 0 Å². The van der Waals surface area contributed by atoms with E-state index in [0.29, 0.717) is 12.6 Å². The van der Waals surface area contributed by atoms with Gasteiger partial charge in [-0.3, -0.25) is 0 Å². The molecule has 0 fully saturated rings. The number of hydrogen-bond donors (Lipinski definition) is 1. The molecule has 2 nitrogen and oxygen atoms in total. The summed E-state index contributed by atoms with van der Waals surface area (Å²) in [7, 11) is 0. The molecule has 0 bridgehead atoms. The average molecular weight is 368 g/mol. The van der Waals surface area contributed by atoms with E-state index in [0.717, 1.165) is 29.6 Å². The van der Waals surface area contributed by atoms with E-state index in [2.05, 4.69) is 70.8 Å². The third-order valence-electron chi connectivity index (χ3n) is 3.40. The highest BCUT2D eigenvalue weighted by Gasteiger charge is 2.04. The lowest BCUT2D eigenvalue weighted by molar-refractivity contribution is 0.309. The molecule has 1 aromatic heterocycles. The van der Waals surface area contributed by atoms with Crippen LogP contribution in [0.1, 0.15) is 30.7 Å². The molecule has 0 saturated heterocycles. The normalized spacial score (nSPS) is 12.3. The molecule has 0 spiro atoms. The quantitative estimate of drug-likeness (QED) is 0.706. The van der Waals surface area contributed by atoms with Crippen molar-refractivity contribution in [1.82, 2.24) is 5.32 Å². The van der Waals surface area contributed by atoms with Crippen molar-refractivity contribution in [2.24, 2.45) is 0 Å². The molecule has 21 heavy (non-hydrogen) atoms. The Morgan fingerprint density at radius 2 is 2.00 bits per heavy atom.